The van der Waals surface area contributed by atoms with Crippen molar-refractivity contribution in [2.75, 3.05) is 20.2 Å². The van der Waals surface area contributed by atoms with E-state index >= 15 is 0 Å². The van der Waals surface area contributed by atoms with Gasteiger partial charge in [0, 0.05) is 25.6 Å². The molecule has 1 saturated heterocycles. The number of likely N-dealkylation sites (tertiary alicyclic amines) is 1. The van der Waals surface area contributed by atoms with Crippen molar-refractivity contribution in [3.05, 3.63) is 0 Å². The summed E-state index contributed by atoms with van der Waals surface area (Å²) in [5.41, 5.74) is -0.179. The molecular weight excluding hydrogens is 214 g/mol. The summed E-state index contributed by atoms with van der Waals surface area (Å²) in [6.07, 6.45) is 4.63. The molecule has 0 radical (unpaired) electrons. The predicted octanol–water partition coefficient (Wildman–Crippen LogP) is 2.45. The Hall–Kier alpha value is -0.570. The maximum atomic E-state index is 12.2. The molecule has 17 heavy (non-hydrogen) atoms. The minimum absolute atomic E-state index is 0.0780. The van der Waals surface area contributed by atoms with Gasteiger partial charge in [0.25, 0.3) is 0 Å². The van der Waals surface area contributed by atoms with Crippen LogP contribution in [0.15, 0.2) is 0 Å². The van der Waals surface area contributed by atoms with Gasteiger partial charge in [0.15, 0.2) is 0 Å². The molecule has 0 spiro atoms. The van der Waals surface area contributed by atoms with Crippen LogP contribution in [-0.2, 0) is 9.53 Å². The standard InChI is InChI=1S/C14H25NO2/c1-13(2,3)12(16)15-9-7-14(17-4,8-10-15)11-5-6-11/h11H,5-10H2,1-4H3. The van der Waals surface area contributed by atoms with E-state index in [9.17, 15) is 4.79 Å². The summed E-state index contributed by atoms with van der Waals surface area (Å²) in [5, 5.41) is 0. The molecule has 3 nitrogen and oxygen atoms in total. The Morgan fingerprint density at radius 3 is 2.12 bits per heavy atom. The van der Waals surface area contributed by atoms with Gasteiger partial charge in [-0.25, -0.2) is 0 Å². The van der Waals surface area contributed by atoms with Gasteiger partial charge in [0.05, 0.1) is 5.60 Å². The van der Waals surface area contributed by atoms with E-state index in [0.29, 0.717) is 0 Å². The minimum atomic E-state index is -0.257. The van der Waals surface area contributed by atoms with E-state index in [1.54, 1.807) is 0 Å². The second kappa shape index (κ2) is 4.27. The third kappa shape index (κ3) is 2.49. The van der Waals surface area contributed by atoms with Crippen LogP contribution in [0.5, 0.6) is 0 Å². The van der Waals surface area contributed by atoms with Gasteiger partial charge in [-0.1, -0.05) is 20.8 Å². The van der Waals surface area contributed by atoms with Crippen molar-refractivity contribution in [1.82, 2.24) is 4.90 Å². The van der Waals surface area contributed by atoms with Crippen molar-refractivity contribution in [3.63, 3.8) is 0 Å². The second-order valence-corrected chi connectivity index (χ2v) is 6.59. The van der Waals surface area contributed by atoms with E-state index < -0.39 is 0 Å². The number of hydrogen-bond donors (Lipinski definition) is 0. The molecule has 2 fully saturated rings. The Morgan fingerprint density at radius 2 is 1.76 bits per heavy atom. The fraction of sp³-hybridized carbons (Fsp3) is 0.929. The van der Waals surface area contributed by atoms with Crippen LogP contribution >= 0.6 is 0 Å². The Labute approximate surface area is 105 Å². The topological polar surface area (TPSA) is 29.5 Å². The molecule has 1 aliphatic heterocycles. The summed E-state index contributed by atoms with van der Waals surface area (Å²) in [6.45, 7) is 7.71. The molecule has 98 valence electrons. The van der Waals surface area contributed by atoms with Crippen LogP contribution in [0, 0.1) is 11.3 Å². The third-order valence-electron chi connectivity index (χ3n) is 4.27. The van der Waals surface area contributed by atoms with Gasteiger partial charge in [-0.3, -0.25) is 4.79 Å². The lowest BCUT2D eigenvalue weighted by atomic mass is 9.85. The van der Waals surface area contributed by atoms with E-state index in [0.717, 1.165) is 31.8 Å². The second-order valence-electron chi connectivity index (χ2n) is 6.59. The Kier molecular flexibility index (Phi) is 3.23. The van der Waals surface area contributed by atoms with Gasteiger partial charge in [-0.2, -0.15) is 0 Å². The molecule has 1 heterocycles. The van der Waals surface area contributed by atoms with E-state index in [4.69, 9.17) is 4.74 Å². The fourth-order valence-electron chi connectivity index (χ4n) is 2.95. The molecule has 0 aromatic heterocycles. The highest BCUT2D eigenvalue weighted by atomic mass is 16.5. The molecule has 0 N–H and O–H groups in total. The molecule has 0 aromatic rings. The molecule has 3 heteroatoms. The number of carbonyl (C=O) groups excluding carboxylic acids is 1. The summed E-state index contributed by atoms with van der Waals surface area (Å²) >= 11 is 0. The van der Waals surface area contributed by atoms with Crippen LogP contribution in [0.4, 0.5) is 0 Å². The molecule has 0 atom stereocenters. The lowest BCUT2D eigenvalue weighted by Gasteiger charge is -2.42. The Bertz CT molecular complexity index is 294. The summed E-state index contributed by atoms with van der Waals surface area (Å²) in [7, 11) is 1.83. The highest BCUT2D eigenvalue weighted by Crippen LogP contribution is 2.47. The number of piperidine rings is 1. The molecule has 1 aliphatic carbocycles. The number of hydrogen-bond acceptors (Lipinski definition) is 2. The number of amides is 1. The van der Waals surface area contributed by atoms with Gasteiger partial charge in [-0.15, -0.1) is 0 Å². The van der Waals surface area contributed by atoms with Crippen LogP contribution in [0.25, 0.3) is 0 Å². The normalized spacial score (nSPS) is 24.8. The molecule has 0 unspecified atom stereocenters. The van der Waals surface area contributed by atoms with Crippen molar-refractivity contribution < 1.29 is 9.53 Å². The average molecular weight is 239 g/mol. The first-order valence-corrected chi connectivity index (χ1v) is 6.73. The summed E-state index contributed by atoms with van der Waals surface area (Å²) in [5.74, 6) is 1.03. The smallest absolute Gasteiger partial charge is 0.227 e. The molecule has 2 aliphatic rings. The zero-order valence-corrected chi connectivity index (χ0v) is 11.6. The highest BCUT2D eigenvalue weighted by molar-refractivity contribution is 5.81. The SMILES string of the molecule is COC1(C2CC2)CCN(C(=O)C(C)(C)C)CC1. The van der Waals surface area contributed by atoms with Gasteiger partial charge in [0.2, 0.25) is 5.91 Å². The summed E-state index contributed by atoms with van der Waals surface area (Å²) < 4.78 is 5.78. The van der Waals surface area contributed by atoms with Gasteiger partial charge in [-0.05, 0) is 31.6 Å². The number of nitrogens with zero attached hydrogens (tertiary/aromatic N) is 1. The third-order valence-corrected chi connectivity index (χ3v) is 4.27. The van der Waals surface area contributed by atoms with E-state index in [2.05, 4.69) is 0 Å². The van der Waals surface area contributed by atoms with Gasteiger partial charge >= 0.3 is 0 Å². The number of methoxy groups -OCH3 is 1. The van der Waals surface area contributed by atoms with Crippen molar-refractivity contribution in [2.24, 2.45) is 11.3 Å². The first-order valence-electron chi connectivity index (χ1n) is 6.73. The molecular formula is C14H25NO2. The number of rotatable bonds is 2. The highest BCUT2D eigenvalue weighted by Gasteiger charge is 2.48. The Morgan fingerprint density at radius 1 is 1.24 bits per heavy atom. The fourth-order valence-corrected chi connectivity index (χ4v) is 2.95. The average Bonchev–Trinajstić information content (AvgIpc) is 3.11. The van der Waals surface area contributed by atoms with Gasteiger partial charge < -0.3 is 9.64 Å². The molecule has 0 aromatic carbocycles. The van der Waals surface area contributed by atoms with Crippen molar-refractivity contribution >= 4 is 5.91 Å². The van der Waals surface area contributed by atoms with Crippen LogP contribution in [0.1, 0.15) is 46.5 Å². The van der Waals surface area contributed by atoms with Crippen molar-refractivity contribution in [1.29, 1.82) is 0 Å². The van der Waals surface area contributed by atoms with Crippen LogP contribution in [-0.4, -0.2) is 36.6 Å². The predicted molar refractivity (Wildman–Crippen MR) is 67.7 cm³/mol. The maximum absolute atomic E-state index is 12.2. The van der Waals surface area contributed by atoms with Gasteiger partial charge in [0.1, 0.15) is 0 Å². The summed E-state index contributed by atoms with van der Waals surface area (Å²) in [6, 6.07) is 0. The molecule has 0 bridgehead atoms. The minimum Gasteiger partial charge on any atom is -0.378 e. The zero-order valence-electron chi connectivity index (χ0n) is 11.6. The van der Waals surface area contributed by atoms with Crippen LogP contribution < -0.4 is 0 Å². The molecule has 2 rings (SSSR count). The van der Waals surface area contributed by atoms with E-state index in [-0.39, 0.29) is 16.9 Å². The first-order chi connectivity index (χ1) is 7.89. The molecule has 1 saturated carbocycles. The monoisotopic (exact) mass is 239 g/mol. The molecule has 1 amide bonds. The quantitative estimate of drug-likeness (QED) is 0.741. The van der Waals surface area contributed by atoms with E-state index in [1.165, 1.54) is 12.8 Å². The zero-order chi connectivity index (χ0) is 12.7. The van der Waals surface area contributed by atoms with Crippen molar-refractivity contribution in [3.8, 4) is 0 Å². The van der Waals surface area contributed by atoms with E-state index in [1.807, 2.05) is 32.8 Å². The Balaban J connectivity index is 1.95. The number of ether oxygens (including phenoxy) is 1. The number of carbonyl (C=O) groups is 1. The summed E-state index contributed by atoms with van der Waals surface area (Å²) in [4.78, 5) is 14.2. The van der Waals surface area contributed by atoms with Crippen molar-refractivity contribution in [2.45, 2.75) is 52.1 Å². The lowest BCUT2D eigenvalue weighted by Crippen LogP contribution is -2.51. The maximum Gasteiger partial charge on any atom is 0.227 e. The van der Waals surface area contributed by atoms with Crippen LogP contribution in [0.3, 0.4) is 0 Å². The lowest BCUT2D eigenvalue weighted by molar-refractivity contribution is -0.146. The van der Waals surface area contributed by atoms with Crippen LogP contribution in [0.2, 0.25) is 0 Å². The first kappa shape index (κ1) is 12.9. The largest absolute Gasteiger partial charge is 0.378 e.